The first-order valence-corrected chi connectivity index (χ1v) is 15.8. The number of aliphatic hydroxyl groups excluding tert-OH is 1. The molecule has 0 bridgehead atoms. The SMILES string of the molecule is C=C(OCC)c1cnn(CC(=O)[C@@]2(O)CCC3C4CCC5=Cc6c(cnn6-c6ccc(F)cc6)CC5(C)C4C(O)CC32C)c1. The number of Topliss-reactive ketones (excluding diaryl/α,β-unsaturated/α-hetero) is 1. The fourth-order valence-electron chi connectivity index (χ4n) is 9.57. The van der Waals surface area contributed by atoms with Crippen LogP contribution in [0, 0.1) is 34.4 Å². The lowest BCUT2D eigenvalue weighted by Gasteiger charge is -2.60. The number of carbonyl (C=O) groups excluding carboxylic acids is 1. The van der Waals surface area contributed by atoms with Gasteiger partial charge in [-0.2, -0.15) is 10.2 Å². The van der Waals surface area contributed by atoms with Gasteiger partial charge in [0.25, 0.3) is 0 Å². The summed E-state index contributed by atoms with van der Waals surface area (Å²) in [6, 6.07) is 6.37. The number of ketones is 1. The van der Waals surface area contributed by atoms with E-state index in [4.69, 9.17) is 4.74 Å². The zero-order valence-corrected chi connectivity index (χ0v) is 25.7. The first-order chi connectivity index (χ1) is 21.0. The van der Waals surface area contributed by atoms with Crippen molar-refractivity contribution < 1.29 is 24.1 Å². The van der Waals surface area contributed by atoms with Crippen LogP contribution in [-0.4, -0.2) is 53.9 Å². The summed E-state index contributed by atoms with van der Waals surface area (Å²) in [5.41, 5.74) is 2.43. The number of nitrogens with zero attached hydrogens (tertiary/aromatic N) is 4. The molecule has 0 spiro atoms. The smallest absolute Gasteiger partial charge is 0.186 e. The van der Waals surface area contributed by atoms with Crippen LogP contribution in [0.3, 0.4) is 0 Å². The van der Waals surface area contributed by atoms with E-state index in [1.54, 1.807) is 29.2 Å². The van der Waals surface area contributed by atoms with Gasteiger partial charge in [-0.3, -0.25) is 9.48 Å². The Bertz CT molecular complexity index is 1660. The van der Waals surface area contributed by atoms with Crippen molar-refractivity contribution >= 4 is 17.6 Å². The van der Waals surface area contributed by atoms with Gasteiger partial charge in [0, 0.05) is 11.6 Å². The maximum absolute atomic E-state index is 13.8. The van der Waals surface area contributed by atoms with Gasteiger partial charge in [0.2, 0.25) is 0 Å². The van der Waals surface area contributed by atoms with Crippen molar-refractivity contribution in [3.05, 3.63) is 77.6 Å². The summed E-state index contributed by atoms with van der Waals surface area (Å²) >= 11 is 0. The average molecular weight is 601 g/mol. The number of halogens is 1. The molecule has 7 rings (SSSR count). The highest BCUT2D eigenvalue weighted by molar-refractivity contribution is 5.88. The van der Waals surface area contributed by atoms with Crippen molar-refractivity contribution in [3.63, 3.8) is 0 Å². The molecule has 3 saturated carbocycles. The third kappa shape index (κ3) is 4.19. The normalized spacial score (nSPS) is 33.9. The highest BCUT2D eigenvalue weighted by Gasteiger charge is 2.68. The number of carbonyl (C=O) groups is 1. The summed E-state index contributed by atoms with van der Waals surface area (Å²) in [6.45, 7) is 10.5. The van der Waals surface area contributed by atoms with Crippen molar-refractivity contribution in [1.82, 2.24) is 19.6 Å². The summed E-state index contributed by atoms with van der Waals surface area (Å²) in [5, 5.41) is 33.1. The molecule has 3 fully saturated rings. The second kappa shape index (κ2) is 10.2. The van der Waals surface area contributed by atoms with E-state index in [9.17, 15) is 19.4 Å². The van der Waals surface area contributed by atoms with Gasteiger partial charge < -0.3 is 14.9 Å². The standard InChI is InChI=1S/C35H41FN4O4/c1-5-44-21(2)23-18-37-39(19-23)20-31(42)35(43)13-12-28-27-11-6-24-14-29-22(17-38-40(29)26-9-7-25(36)8-10-26)15-33(24,3)32(27)30(41)16-34(28,35)4/h7-10,14,17-19,27-28,30,32,41,43H,2,5-6,11-13,15-16,20H2,1,3-4H3/t27?,28?,30?,32?,33?,34?,35-/m0/s1. The lowest BCUT2D eigenvalue weighted by Crippen LogP contribution is -2.62. The fourth-order valence-corrected chi connectivity index (χ4v) is 9.57. The van der Waals surface area contributed by atoms with E-state index >= 15 is 0 Å². The molecule has 9 heteroatoms. The number of hydrogen-bond acceptors (Lipinski definition) is 6. The molecular formula is C35H41FN4O4. The van der Waals surface area contributed by atoms with Crippen LogP contribution in [0.15, 0.2) is 55.0 Å². The first-order valence-electron chi connectivity index (χ1n) is 15.8. The van der Waals surface area contributed by atoms with Crippen molar-refractivity contribution in [1.29, 1.82) is 0 Å². The Morgan fingerprint density at radius 2 is 1.95 bits per heavy atom. The monoisotopic (exact) mass is 600 g/mol. The molecule has 3 aromatic rings. The molecule has 2 aromatic heterocycles. The minimum Gasteiger partial charge on any atom is -0.494 e. The number of aliphatic hydroxyl groups is 2. The van der Waals surface area contributed by atoms with Gasteiger partial charge in [-0.15, -0.1) is 0 Å². The van der Waals surface area contributed by atoms with Crippen molar-refractivity contribution in [2.75, 3.05) is 6.61 Å². The predicted molar refractivity (Wildman–Crippen MR) is 164 cm³/mol. The van der Waals surface area contributed by atoms with E-state index in [0.717, 1.165) is 42.6 Å². The second-order valence-corrected chi connectivity index (χ2v) is 13.8. The van der Waals surface area contributed by atoms with Crippen molar-refractivity contribution in [2.24, 2.45) is 28.6 Å². The van der Waals surface area contributed by atoms with Crippen LogP contribution in [0.5, 0.6) is 0 Å². The molecule has 2 heterocycles. The van der Waals surface area contributed by atoms with Crippen LogP contribution >= 0.6 is 0 Å². The summed E-state index contributed by atoms with van der Waals surface area (Å²) in [5.74, 6) is 0.277. The highest BCUT2D eigenvalue weighted by Crippen LogP contribution is 2.67. The molecule has 4 aliphatic rings. The van der Waals surface area contributed by atoms with Crippen LogP contribution in [-0.2, 0) is 22.5 Å². The van der Waals surface area contributed by atoms with E-state index in [2.05, 4.69) is 29.8 Å². The summed E-state index contributed by atoms with van der Waals surface area (Å²) < 4.78 is 22.5. The number of fused-ring (bicyclic) bond motifs is 6. The number of aromatic nitrogens is 4. The van der Waals surface area contributed by atoms with Crippen LogP contribution in [0.1, 0.15) is 69.7 Å². The average Bonchev–Trinajstić information content (AvgIpc) is 3.68. The van der Waals surface area contributed by atoms with Crippen LogP contribution in [0.25, 0.3) is 17.5 Å². The lowest BCUT2D eigenvalue weighted by molar-refractivity contribution is -0.180. The Hall–Kier alpha value is -3.56. The number of ether oxygens (including phenoxy) is 1. The van der Waals surface area contributed by atoms with Crippen LogP contribution < -0.4 is 0 Å². The number of allylic oxidation sites excluding steroid dienone is 1. The Morgan fingerprint density at radius 1 is 1.18 bits per heavy atom. The third-order valence-electron chi connectivity index (χ3n) is 11.7. The van der Waals surface area contributed by atoms with E-state index < -0.39 is 17.1 Å². The molecule has 4 aliphatic carbocycles. The van der Waals surface area contributed by atoms with E-state index in [0.29, 0.717) is 30.8 Å². The summed E-state index contributed by atoms with van der Waals surface area (Å²) in [6.07, 6.45) is 10.9. The number of benzene rings is 1. The molecule has 1 aromatic carbocycles. The third-order valence-corrected chi connectivity index (χ3v) is 11.7. The molecule has 44 heavy (non-hydrogen) atoms. The molecule has 7 atom stereocenters. The van der Waals surface area contributed by atoms with Gasteiger partial charge in [0.1, 0.15) is 23.7 Å². The Kier molecular flexibility index (Phi) is 6.79. The molecule has 232 valence electrons. The molecule has 8 nitrogen and oxygen atoms in total. The van der Waals surface area contributed by atoms with Crippen LogP contribution in [0.4, 0.5) is 4.39 Å². The molecule has 0 amide bonds. The van der Waals surface area contributed by atoms with Gasteiger partial charge in [-0.05, 0) is 105 Å². The minimum atomic E-state index is -1.54. The fraction of sp³-hybridized carbons (Fsp3) is 0.514. The lowest BCUT2D eigenvalue weighted by atomic mass is 9.45. The summed E-state index contributed by atoms with van der Waals surface area (Å²) in [4.78, 5) is 13.8. The molecule has 0 aliphatic heterocycles. The molecule has 0 saturated heterocycles. The van der Waals surface area contributed by atoms with Gasteiger partial charge >= 0.3 is 0 Å². The Morgan fingerprint density at radius 3 is 2.70 bits per heavy atom. The van der Waals surface area contributed by atoms with E-state index in [-0.39, 0.29) is 41.3 Å². The first kappa shape index (κ1) is 29.2. The zero-order chi connectivity index (χ0) is 31.0. The van der Waals surface area contributed by atoms with Crippen molar-refractivity contribution in [3.8, 4) is 5.69 Å². The van der Waals surface area contributed by atoms with Gasteiger partial charge in [-0.1, -0.05) is 26.0 Å². The van der Waals surface area contributed by atoms with Gasteiger partial charge in [0.05, 0.1) is 42.0 Å². The minimum absolute atomic E-state index is 0.0126. The highest BCUT2D eigenvalue weighted by atomic mass is 19.1. The van der Waals surface area contributed by atoms with E-state index in [1.807, 2.05) is 24.7 Å². The zero-order valence-electron chi connectivity index (χ0n) is 25.7. The maximum atomic E-state index is 13.8. The topological polar surface area (TPSA) is 102 Å². The van der Waals surface area contributed by atoms with E-state index in [1.165, 1.54) is 17.7 Å². The predicted octanol–water partition coefficient (Wildman–Crippen LogP) is 5.37. The Balaban J connectivity index is 1.14. The van der Waals surface area contributed by atoms with Crippen LogP contribution in [0.2, 0.25) is 0 Å². The Labute approximate surface area is 257 Å². The quantitative estimate of drug-likeness (QED) is 0.354. The van der Waals surface area contributed by atoms with Gasteiger partial charge in [0.15, 0.2) is 5.78 Å². The number of hydrogen-bond donors (Lipinski definition) is 2. The molecule has 6 unspecified atom stereocenters. The van der Waals surface area contributed by atoms with Gasteiger partial charge in [-0.25, -0.2) is 9.07 Å². The largest absolute Gasteiger partial charge is 0.494 e. The molecule has 2 N–H and O–H groups in total. The molecular weight excluding hydrogens is 559 g/mol. The van der Waals surface area contributed by atoms with Crippen molar-refractivity contribution in [2.45, 2.75) is 77.5 Å². The summed E-state index contributed by atoms with van der Waals surface area (Å²) in [7, 11) is 0. The second-order valence-electron chi connectivity index (χ2n) is 13.8. The number of rotatable bonds is 7. The molecule has 0 radical (unpaired) electrons. The maximum Gasteiger partial charge on any atom is 0.186 e.